The van der Waals surface area contributed by atoms with Gasteiger partial charge in [0.1, 0.15) is 29.3 Å². The van der Waals surface area contributed by atoms with Crippen molar-refractivity contribution in [3.8, 4) is 17.1 Å². The van der Waals surface area contributed by atoms with Crippen molar-refractivity contribution in [2.75, 3.05) is 19.6 Å². The second-order valence-corrected chi connectivity index (χ2v) is 14.0. The number of amides is 2. The predicted molar refractivity (Wildman–Crippen MR) is 165 cm³/mol. The van der Waals surface area contributed by atoms with Crippen LogP contribution in [0.1, 0.15) is 83.2 Å². The molecule has 3 aliphatic heterocycles. The number of hydrogen-bond donors (Lipinski definition) is 0. The van der Waals surface area contributed by atoms with E-state index in [0.29, 0.717) is 62.5 Å². The number of likely N-dealkylation sites (tertiary alicyclic amines) is 2. The lowest BCUT2D eigenvalue weighted by molar-refractivity contribution is -0.0146. The van der Waals surface area contributed by atoms with Crippen LogP contribution in [0.3, 0.4) is 0 Å². The van der Waals surface area contributed by atoms with Crippen molar-refractivity contribution in [1.29, 1.82) is 0 Å². The molecule has 1 aromatic carbocycles. The lowest BCUT2D eigenvalue weighted by atomic mass is 9.80. The fourth-order valence-electron chi connectivity index (χ4n) is 6.97. The first-order valence-corrected chi connectivity index (χ1v) is 15.7. The number of hydrogen-bond acceptors (Lipinski definition) is 7. The van der Waals surface area contributed by atoms with E-state index in [1.54, 1.807) is 9.80 Å². The molecule has 0 saturated carbocycles. The molecule has 3 aromatic rings. The highest BCUT2D eigenvalue weighted by Crippen LogP contribution is 2.51. The lowest BCUT2D eigenvalue weighted by Gasteiger charge is -2.46. The molecule has 0 N–H and O–H groups in total. The molecule has 10 nitrogen and oxygen atoms in total. The molecular weight excluding hydrogens is 577 g/mol. The number of halogens is 1. The maximum atomic E-state index is 14.5. The fraction of sp³-hybridized carbons (Fsp3) is 0.529. The van der Waals surface area contributed by atoms with Crippen LogP contribution in [0.2, 0.25) is 0 Å². The molecule has 5 heterocycles. The molecule has 2 saturated heterocycles. The summed E-state index contributed by atoms with van der Waals surface area (Å²) >= 11 is 0. The molecule has 0 radical (unpaired) electrons. The third-order valence-corrected chi connectivity index (χ3v) is 9.12. The second kappa shape index (κ2) is 11.3. The predicted octanol–water partition coefficient (Wildman–Crippen LogP) is 6.76. The summed E-state index contributed by atoms with van der Waals surface area (Å²) in [6.45, 7) is 13.3. The van der Waals surface area contributed by atoms with E-state index in [9.17, 15) is 14.0 Å². The molecule has 2 fully saturated rings. The van der Waals surface area contributed by atoms with Crippen molar-refractivity contribution in [2.24, 2.45) is 0 Å². The van der Waals surface area contributed by atoms with Gasteiger partial charge in [-0.05, 0) is 66.0 Å². The fourth-order valence-corrected chi connectivity index (χ4v) is 6.97. The van der Waals surface area contributed by atoms with Crippen molar-refractivity contribution < 1.29 is 28.2 Å². The van der Waals surface area contributed by atoms with E-state index in [4.69, 9.17) is 19.3 Å². The number of piperidine rings is 2. The highest BCUT2D eigenvalue weighted by molar-refractivity contribution is 5.73. The second-order valence-electron chi connectivity index (χ2n) is 14.0. The molecule has 1 unspecified atom stereocenters. The molecule has 3 aliphatic rings. The summed E-state index contributed by atoms with van der Waals surface area (Å²) in [6, 6.07) is 11.0. The van der Waals surface area contributed by atoms with Crippen molar-refractivity contribution in [2.45, 2.75) is 96.6 Å². The van der Waals surface area contributed by atoms with Crippen LogP contribution >= 0.6 is 0 Å². The summed E-state index contributed by atoms with van der Waals surface area (Å²) in [7, 11) is 0. The Bertz CT molecular complexity index is 1590. The third-order valence-electron chi connectivity index (χ3n) is 9.12. The molecule has 11 heteroatoms. The van der Waals surface area contributed by atoms with Crippen molar-refractivity contribution in [1.82, 2.24) is 24.6 Å². The zero-order valence-corrected chi connectivity index (χ0v) is 26.9. The van der Waals surface area contributed by atoms with Crippen LogP contribution < -0.4 is 4.74 Å². The minimum atomic E-state index is -0.779. The average molecular weight is 620 g/mol. The SMILES string of the molecule is Cc1c2c(nn1C1CCN(C(=O)OC(C)(C)C)C(C)(C)C1)-c1cc(F)cnc1OC21CCN(C(=O)OCc2ccccc2)CC1. The van der Waals surface area contributed by atoms with Crippen molar-refractivity contribution in [3.63, 3.8) is 0 Å². The molecule has 1 spiro atoms. The topological polar surface area (TPSA) is 99.0 Å². The summed E-state index contributed by atoms with van der Waals surface area (Å²) in [4.78, 5) is 33.8. The first-order valence-electron chi connectivity index (χ1n) is 15.7. The van der Waals surface area contributed by atoms with Gasteiger partial charge in [0, 0.05) is 49.3 Å². The monoisotopic (exact) mass is 619 g/mol. The number of pyridine rings is 1. The van der Waals surface area contributed by atoms with Gasteiger partial charge in [-0.3, -0.25) is 4.68 Å². The van der Waals surface area contributed by atoms with Gasteiger partial charge >= 0.3 is 12.2 Å². The van der Waals surface area contributed by atoms with Gasteiger partial charge in [-0.2, -0.15) is 5.10 Å². The first kappa shape index (κ1) is 30.9. The van der Waals surface area contributed by atoms with Crippen LogP contribution in [-0.4, -0.2) is 67.5 Å². The average Bonchev–Trinajstić information content (AvgIpc) is 3.34. The van der Waals surface area contributed by atoms with E-state index in [1.807, 2.05) is 76.6 Å². The maximum Gasteiger partial charge on any atom is 0.410 e. The first-order chi connectivity index (χ1) is 21.3. The Morgan fingerprint density at radius 3 is 2.47 bits per heavy atom. The van der Waals surface area contributed by atoms with Crippen molar-refractivity contribution >= 4 is 12.2 Å². The minimum absolute atomic E-state index is 0.000594. The number of aromatic nitrogens is 3. The summed E-state index contributed by atoms with van der Waals surface area (Å²) in [6.07, 6.45) is 2.84. The lowest BCUT2D eigenvalue weighted by Crippen LogP contribution is -2.54. The van der Waals surface area contributed by atoms with Crippen LogP contribution in [-0.2, 0) is 21.7 Å². The van der Waals surface area contributed by atoms with E-state index < -0.39 is 22.6 Å². The van der Waals surface area contributed by atoms with Gasteiger partial charge in [-0.15, -0.1) is 0 Å². The van der Waals surface area contributed by atoms with Crippen LogP contribution in [0.25, 0.3) is 11.3 Å². The number of benzene rings is 1. The Hall–Kier alpha value is -4.15. The third kappa shape index (κ3) is 5.96. The highest BCUT2D eigenvalue weighted by atomic mass is 19.1. The van der Waals surface area contributed by atoms with Crippen molar-refractivity contribution in [3.05, 3.63) is 65.2 Å². The van der Waals surface area contributed by atoms with E-state index in [2.05, 4.69) is 4.98 Å². The van der Waals surface area contributed by atoms with Crippen LogP contribution in [0.5, 0.6) is 5.88 Å². The Morgan fingerprint density at radius 2 is 1.80 bits per heavy atom. The largest absolute Gasteiger partial charge is 0.465 e. The quantitative estimate of drug-likeness (QED) is 0.319. The molecule has 2 aromatic heterocycles. The normalized spacial score (nSPS) is 20.2. The maximum absolute atomic E-state index is 14.5. The van der Waals surface area contributed by atoms with Gasteiger partial charge in [0.05, 0.1) is 17.8 Å². The number of carbonyl (C=O) groups excluding carboxylic acids is 2. The summed E-state index contributed by atoms with van der Waals surface area (Å²) < 4.78 is 34.5. The number of fused-ring (bicyclic) bond motifs is 4. The zero-order valence-electron chi connectivity index (χ0n) is 26.9. The Labute approximate surface area is 263 Å². The standard InChI is InChI=1S/C34H42FN5O5/c1-22-27-28(37-40(22)25-12-15-39(33(5,6)19-25)31(42)45-32(2,3)4)26-18-24(35)20-36-29(26)44-34(27)13-16-38(17-14-34)30(41)43-21-23-10-8-7-9-11-23/h7-11,18,20,25H,12-17,19,21H2,1-6H3. The molecule has 45 heavy (non-hydrogen) atoms. The van der Waals surface area contributed by atoms with E-state index in [-0.39, 0.29) is 24.8 Å². The Kier molecular flexibility index (Phi) is 7.77. The molecule has 0 aliphatic carbocycles. The number of ether oxygens (including phenoxy) is 3. The summed E-state index contributed by atoms with van der Waals surface area (Å²) in [5, 5.41) is 5.11. The Balaban J connectivity index is 1.26. The molecule has 2 amide bonds. The van der Waals surface area contributed by atoms with Gasteiger partial charge in [-0.1, -0.05) is 30.3 Å². The number of nitrogens with zero attached hydrogens (tertiary/aromatic N) is 5. The van der Waals surface area contributed by atoms with Gasteiger partial charge in [0.2, 0.25) is 5.88 Å². The van der Waals surface area contributed by atoms with E-state index >= 15 is 0 Å². The summed E-state index contributed by atoms with van der Waals surface area (Å²) in [5.41, 5.74) is 2.12. The van der Waals surface area contributed by atoms with Gasteiger partial charge in [-0.25, -0.2) is 19.0 Å². The molecule has 6 rings (SSSR count). The van der Waals surface area contributed by atoms with E-state index in [0.717, 1.165) is 23.0 Å². The zero-order chi connectivity index (χ0) is 32.1. The molecule has 1 atom stereocenters. The van der Waals surface area contributed by atoms with Gasteiger partial charge in [0.25, 0.3) is 0 Å². The van der Waals surface area contributed by atoms with E-state index in [1.165, 1.54) is 6.07 Å². The molecule has 0 bridgehead atoms. The molecule has 240 valence electrons. The number of rotatable bonds is 3. The van der Waals surface area contributed by atoms with Gasteiger partial charge in [0.15, 0.2) is 0 Å². The Morgan fingerprint density at radius 1 is 1.09 bits per heavy atom. The van der Waals surface area contributed by atoms with Crippen LogP contribution in [0.15, 0.2) is 42.6 Å². The minimum Gasteiger partial charge on any atom is -0.465 e. The highest BCUT2D eigenvalue weighted by Gasteiger charge is 2.49. The van der Waals surface area contributed by atoms with Gasteiger partial charge < -0.3 is 24.0 Å². The number of carbonyl (C=O) groups is 2. The smallest absolute Gasteiger partial charge is 0.410 e. The van der Waals surface area contributed by atoms with Crippen LogP contribution in [0, 0.1) is 12.7 Å². The summed E-state index contributed by atoms with van der Waals surface area (Å²) in [5.74, 6) is -0.122. The van der Waals surface area contributed by atoms with Crippen LogP contribution in [0.4, 0.5) is 14.0 Å². The molecular formula is C34H42FN5O5.